The lowest BCUT2D eigenvalue weighted by Gasteiger charge is -2.12. The van der Waals surface area contributed by atoms with Gasteiger partial charge in [0.1, 0.15) is 0 Å². The maximum atomic E-state index is 13.1. The van der Waals surface area contributed by atoms with Gasteiger partial charge in [0.25, 0.3) is 11.5 Å². The van der Waals surface area contributed by atoms with Gasteiger partial charge in [0.2, 0.25) is 0 Å². The summed E-state index contributed by atoms with van der Waals surface area (Å²) in [5, 5.41) is 8.71. The summed E-state index contributed by atoms with van der Waals surface area (Å²) in [5.41, 5.74) is 4.11. The highest BCUT2D eigenvalue weighted by Crippen LogP contribution is 2.19. The van der Waals surface area contributed by atoms with Gasteiger partial charge < -0.3 is 8.98 Å². The summed E-state index contributed by atoms with van der Waals surface area (Å²) >= 11 is 0. The van der Waals surface area contributed by atoms with Crippen LogP contribution in [0.15, 0.2) is 76.1 Å². The van der Waals surface area contributed by atoms with Crippen molar-refractivity contribution in [2.75, 3.05) is 0 Å². The number of nitrogens with zero attached hydrogens (tertiary/aromatic N) is 2. The van der Waals surface area contributed by atoms with Gasteiger partial charge in [0.05, 0.1) is 23.8 Å². The lowest BCUT2D eigenvalue weighted by atomic mass is 10.1. The van der Waals surface area contributed by atoms with Gasteiger partial charge >= 0.3 is 0 Å². The first kappa shape index (κ1) is 16.7. The van der Waals surface area contributed by atoms with E-state index < -0.39 is 5.91 Å². The topological polar surface area (TPSA) is 97.4 Å². The molecular formula is C20H15N3O4. The van der Waals surface area contributed by atoms with Crippen LogP contribution in [0, 0.1) is 0 Å². The molecule has 0 aliphatic heterocycles. The molecule has 1 amide bonds. The van der Waals surface area contributed by atoms with Crippen LogP contribution in [-0.4, -0.2) is 20.7 Å². The fourth-order valence-corrected chi connectivity index (χ4v) is 2.93. The van der Waals surface area contributed by atoms with Crippen LogP contribution in [0.5, 0.6) is 0 Å². The number of hydrogen-bond acceptors (Lipinski definition) is 5. The molecule has 2 aromatic carbocycles. The average molecular weight is 361 g/mol. The van der Waals surface area contributed by atoms with Gasteiger partial charge in [0.15, 0.2) is 11.5 Å². The first-order chi connectivity index (χ1) is 13.2. The summed E-state index contributed by atoms with van der Waals surface area (Å²) in [7, 11) is 0. The second-order valence-electron chi connectivity index (χ2n) is 5.96. The molecular weight excluding hydrogens is 346 g/mol. The van der Waals surface area contributed by atoms with Gasteiger partial charge in [-0.25, -0.2) is 10.5 Å². The number of benzene rings is 2. The lowest BCUT2D eigenvalue weighted by Crippen LogP contribution is -2.24. The predicted octanol–water partition coefficient (Wildman–Crippen LogP) is 2.82. The molecule has 2 heterocycles. The minimum absolute atomic E-state index is 0.245. The minimum atomic E-state index is -0.590. The summed E-state index contributed by atoms with van der Waals surface area (Å²) in [6.45, 7) is 0.302. The number of amides is 1. The number of hydrogen-bond donors (Lipinski definition) is 2. The predicted molar refractivity (Wildman–Crippen MR) is 98.5 cm³/mol. The van der Waals surface area contributed by atoms with Gasteiger partial charge in [-0.2, -0.15) is 0 Å². The Morgan fingerprint density at radius 1 is 1.07 bits per heavy atom. The number of para-hydroxylation sites is 2. The van der Waals surface area contributed by atoms with Crippen molar-refractivity contribution in [1.82, 2.24) is 15.0 Å². The number of carbonyl (C=O) groups excluding carboxylic acids is 1. The Balaban J connectivity index is 1.82. The monoisotopic (exact) mass is 361 g/mol. The fraction of sp³-hybridized carbons (Fsp3) is 0.0500. The molecule has 2 aromatic heterocycles. The van der Waals surface area contributed by atoms with Crippen molar-refractivity contribution in [2.24, 2.45) is 0 Å². The molecule has 27 heavy (non-hydrogen) atoms. The highest BCUT2D eigenvalue weighted by Gasteiger charge is 2.15. The zero-order valence-corrected chi connectivity index (χ0v) is 14.1. The second kappa shape index (κ2) is 6.89. The fourth-order valence-electron chi connectivity index (χ4n) is 2.93. The maximum absolute atomic E-state index is 13.1. The highest BCUT2D eigenvalue weighted by molar-refractivity contribution is 5.93. The van der Waals surface area contributed by atoms with Crippen LogP contribution in [0.3, 0.4) is 0 Å². The molecule has 0 bridgehead atoms. The van der Waals surface area contributed by atoms with Crippen LogP contribution in [-0.2, 0) is 6.54 Å². The Morgan fingerprint density at radius 3 is 2.56 bits per heavy atom. The van der Waals surface area contributed by atoms with Crippen LogP contribution < -0.4 is 11.0 Å². The Hall–Kier alpha value is -3.71. The second-order valence-corrected chi connectivity index (χ2v) is 5.96. The zero-order chi connectivity index (χ0) is 18.8. The van der Waals surface area contributed by atoms with Gasteiger partial charge in [-0.1, -0.05) is 24.3 Å². The summed E-state index contributed by atoms with van der Waals surface area (Å²) < 4.78 is 6.99. The van der Waals surface area contributed by atoms with Crippen molar-refractivity contribution in [2.45, 2.75) is 6.54 Å². The number of fused-ring (bicyclic) bond motifs is 1. The molecule has 0 atom stereocenters. The Labute approximate surface area is 153 Å². The standard InChI is InChI=1S/C20H15N3O4/c24-19(22-26)14-9-7-13(8-10-14)12-23-16-5-2-1-4-15(16)21-18(20(23)25)17-6-3-11-27-17/h1-11,26H,12H2,(H,22,24). The van der Waals surface area contributed by atoms with E-state index in [2.05, 4.69) is 4.98 Å². The highest BCUT2D eigenvalue weighted by atomic mass is 16.5. The average Bonchev–Trinajstić information content (AvgIpc) is 3.24. The van der Waals surface area contributed by atoms with Crippen LogP contribution in [0.4, 0.5) is 0 Å². The molecule has 7 heteroatoms. The summed E-state index contributed by atoms with van der Waals surface area (Å²) in [5.74, 6) is -0.178. The van der Waals surface area contributed by atoms with E-state index in [1.54, 1.807) is 46.4 Å². The van der Waals surface area contributed by atoms with E-state index >= 15 is 0 Å². The van der Waals surface area contributed by atoms with E-state index in [1.165, 1.54) is 6.26 Å². The van der Waals surface area contributed by atoms with Crippen molar-refractivity contribution < 1.29 is 14.4 Å². The van der Waals surface area contributed by atoms with Crippen molar-refractivity contribution in [1.29, 1.82) is 0 Å². The van der Waals surface area contributed by atoms with Crippen LogP contribution >= 0.6 is 0 Å². The van der Waals surface area contributed by atoms with E-state index in [1.807, 2.05) is 24.3 Å². The number of nitrogens with one attached hydrogen (secondary N) is 1. The molecule has 4 rings (SSSR count). The van der Waals surface area contributed by atoms with Crippen LogP contribution in [0.2, 0.25) is 0 Å². The number of hydroxylamine groups is 1. The van der Waals surface area contributed by atoms with Crippen molar-refractivity contribution in [3.63, 3.8) is 0 Å². The Kier molecular flexibility index (Phi) is 4.27. The molecule has 0 fully saturated rings. The quantitative estimate of drug-likeness (QED) is 0.430. The number of furan rings is 1. The molecule has 7 nitrogen and oxygen atoms in total. The van der Waals surface area contributed by atoms with Crippen molar-refractivity contribution in [3.8, 4) is 11.5 Å². The van der Waals surface area contributed by atoms with Crippen molar-refractivity contribution >= 4 is 16.9 Å². The third-order valence-corrected chi connectivity index (χ3v) is 4.27. The van der Waals surface area contributed by atoms with Crippen LogP contribution in [0.1, 0.15) is 15.9 Å². The molecule has 0 aliphatic carbocycles. The van der Waals surface area contributed by atoms with Crippen molar-refractivity contribution in [3.05, 3.63) is 88.4 Å². The SMILES string of the molecule is O=C(NO)c1ccc(Cn2c(=O)c(-c3ccco3)nc3ccccc32)cc1. The Morgan fingerprint density at radius 2 is 1.85 bits per heavy atom. The molecule has 0 saturated heterocycles. The number of carbonyl (C=O) groups is 1. The van der Waals surface area contributed by atoms with Gasteiger partial charge in [-0.15, -0.1) is 0 Å². The smallest absolute Gasteiger partial charge is 0.281 e. The van der Waals surface area contributed by atoms with E-state index in [9.17, 15) is 9.59 Å². The molecule has 134 valence electrons. The van der Waals surface area contributed by atoms with E-state index in [0.29, 0.717) is 28.9 Å². The molecule has 2 N–H and O–H groups in total. The number of rotatable bonds is 4. The van der Waals surface area contributed by atoms with E-state index in [0.717, 1.165) is 5.56 Å². The normalized spacial score (nSPS) is 10.9. The molecule has 0 saturated carbocycles. The molecule has 0 aliphatic rings. The van der Waals surface area contributed by atoms with E-state index in [-0.39, 0.29) is 11.3 Å². The lowest BCUT2D eigenvalue weighted by molar-refractivity contribution is 0.0706. The first-order valence-corrected chi connectivity index (χ1v) is 8.24. The summed E-state index contributed by atoms with van der Waals surface area (Å²) in [6.07, 6.45) is 1.50. The van der Waals surface area contributed by atoms with Gasteiger partial charge in [-0.3, -0.25) is 14.8 Å². The van der Waals surface area contributed by atoms with Gasteiger partial charge in [0, 0.05) is 5.56 Å². The third kappa shape index (κ3) is 3.11. The minimum Gasteiger partial charge on any atom is -0.463 e. The molecule has 0 spiro atoms. The zero-order valence-electron chi connectivity index (χ0n) is 14.1. The first-order valence-electron chi connectivity index (χ1n) is 8.24. The summed E-state index contributed by atoms with van der Waals surface area (Å²) in [4.78, 5) is 29.0. The largest absolute Gasteiger partial charge is 0.463 e. The van der Waals surface area contributed by atoms with Crippen LogP contribution in [0.25, 0.3) is 22.5 Å². The Bertz CT molecular complexity index is 1160. The van der Waals surface area contributed by atoms with E-state index in [4.69, 9.17) is 9.62 Å². The molecule has 4 aromatic rings. The third-order valence-electron chi connectivity index (χ3n) is 4.27. The van der Waals surface area contributed by atoms with Gasteiger partial charge in [-0.05, 0) is 42.0 Å². The molecule has 0 radical (unpaired) electrons. The maximum Gasteiger partial charge on any atom is 0.281 e. The molecule has 0 unspecified atom stereocenters. The summed E-state index contributed by atoms with van der Waals surface area (Å²) in [6, 6.07) is 17.4. The number of aromatic nitrogens is 2.